The van der Waals surface area contributed by atoms with Crippen LogP contribution in [0, 0.1) is 11.3 Å². The molecule has 1 aromatic carbocycles. The summed E-state index contributed by atoms with van der Waals surface area (Å²) in [5, 5.41) is 17.3. The van der Waals surface area contributed by atoms with E-state index in [0.29, 0.717) is 59.1 Å². The van der Waals surface area contributed by atoms with Gasteiger partial charge in [0.1, 0.15) is 23.7 Å². The number of nitrogens with zero attached hydrogens (tertiary/aromatic N) is 8. The van der Waals surface area contributed by atoms with Crippen LogP contribution in [0.5, 0.6) is 0 Å². The molecule has 3 N–H and O–H groups in total. The Morgan fingerprint density at radius 3 is 2.75 bits per heavy atom. The van der Waals surface area contributed by atoms with Crippen molar-refractivity contribution in [2.24, 2.45) is 0 Å². The van der Waals surface area contributed by atoms with E-state index >= 15 is 0 Å². The number of amides is 2. The van der Waals surface area contributed by atoms with E-state index in [1.54, 1.807) is 36.4 Å². The fourth-order valence-electron chi connectivity index (χ4n) is 4.60. The fourth-order valence-corrected chi connectivity index (χ4v) is 4.60. The zero-order valence-electron chi connectivity index (χ0n) is 22.2. The summed E-state index contributed by atoms with van der Waals surface area (Å²) < 4.78 is 1.83. The molecule has 0 unspecified atom stereocenters. The lowest BCUT2D eigenvalue weighted by Crippen LogP contribution is -2.28. The molecule has 3 aromatic heterocycles. The highest BCUT2D eigenvalue weighted by Crippen LogP contribution is 2.34. The number of nitriles is 1. The molecule has 2 amide bonds. The van der Waals surface area contributed by atoms with E-state index in [4.69, 9.17) is 16.1 Å². The van der Waals surface area contributed by atoms with Crippen molar-refractivity contribution in [3.8, 4) is 17.3 Å². The first-order chi connectivity index (χ1) is 19.3. The number of nitrogens with two attached hydrogens (primary N) is 1. The Hall–Kier alpha value is -5.15. The van der Waals surface area contributed by atoms with E-state index in [1.807, 2.05) is 40.7 Å². The van der Waals surface area contributed by atoms with Crippen LogP contribution >= 0.6 is 0 Å². The largest absolute Gasteiger partial charge is 0.383 e. The second kappa shape index (κ2) is 11.3. The second-order valence-electron chi connectivity index (χ2n) is 9.72. The van der Waals surface area contributed by atoms with Gasteiger partial charge in [0.25, 0.3) is 5.91 Å². The van der Waals surface area contributed by atoms with Crippen LogP contribution in [0.4, 0.5) is 11.6 Å². The minimum absolute atomic E-state index is 0.0291. The number of likely N-dealkylation sites (N-methyl/N-ethyl adjacent to an activating group) is 1. The van der Waals surface area contributed by atoms with Crippen molar-refractivity contribution in [2.45, 2.75) is 12.5 Å². The summed E-state index contributed by atoms with van der Waals surface area (Å²) in [4.78, 5) is 42.0. The Kier molecular flexibility index (Phi) is 7.48. The van der Waals surface area contributed by atoms with Crippen LogP contribution in [0.25, 0.3) is 22.3 Å². The SMILES string of the molecule is CN(C)CC=CC(=O)N1CC[C@@H](n2nc(-c3ccc(C(=O)Nc4cc(C#N)ccn4)cc3)c3c(N)ncnc32)C1. The maximum Gasteiger partial charge on any atom is 0.256 e. The number of likely N-dealkylation sites (tertiary alicyclic amines) is 1. The van der Waals surface area contributed by atoms with Gasteiger partial charge in [-0.15, -0.1) is 0 Å². The van der Waals surface area contributed by atoms with Crippen LogP contribution in [0.1, 0.15) is 28.4 Å². The monoisotopic (exact) mass is 536 g/mol. The van der Waals surface area contributed by atoms with Crippen LogP contribution in [-0.4, -0.2) is 80.1 Å². The van der Waals surface area contributed by atoms with Crippen molar-refractivity contribution in [2.75, 3.05) is 44.8 Å². The second-order valence-corrected chi connectivity index (χ2v) is 9.72. The molecule has 0 spiro atoms. The normalized spacial score (nSPS) is 15.2. The molecule has 12 heteroatoms. The molecule has 0 radical (unpaired) electrons. The number of hydrogen-bond acceptors (Lipinski definition) is 9. The maximum atomic E-state index is 12.8. The summed E-state index contributed by atoms with van der Waals surface area (Å²) in [6.07, 6.45) is 7.07. The summed E-state index contributed by atoms with van der Waals surface area (Å²) in [5.41, 5.74) is 9.01. The standard InChI is InChI=1S/C28H28N10O2/c1-36(2)12-3-4-23(39)37-13-10-21(16-37)38-27-24(26(30)32-17-33-27)25(35-38)19-5-7-20(8-6-19)28(40)34-22-14-18(15-29)9-11-31-22/h3-9,11,14,17,21H,10,12-13,16H2,1-2H3,(H2,30,32,33)(H,31,34,40)/t21-/m1/s1. The van der Waals surface area contributed by atoms with Crippen molar-refractivity contribution < 1.29 is 9.59 Å². The van der Waals surface area contributed by atoms with Gasteiger partial charge in [0.2, 0.25) is 5.91 Å². The smallest absolute Gasteiger partial charge is 0.256 e. The minimum atomic E-state index is -0.359. The molecule has 4 aromatic rings. The molecule has 0 saturated carbocycles. The van der Waals surface area contributed by atoms with Crippen molar-refractivity contribution in [3.05, 3.63) is 72.2 Å². The van der Waals surface area contributed by atoms with E-state index in [2.05, 4.69) is 20.3 Å². The molecule has 1 atom stereocenters. The highest BCUT2D eigenvalue weighted by Gasteiger charge is 2.30. The van der Waals surface area contributed by atoms with Gasteiger partial charge >= 0.3 is 0 Å². The van der Waals surface area contributed by atoms with E-state index in [0.717, 1.165) is 12.0 Å². The van der Waals surface area contributed by atoms with E-state index in [1.165, 1.54) is 18.6 Å². The van der Waals surface area contributed by atoms with Crippen LogP contribution in [-0.2, 0) is 4.79 Å². The highest BCUT2D eigenvalue weighted by atomic mass is 16.2. The topological polar surface area (TPSA) is 159 Å². The zero-order chi connectivity index (χ0) is 28.2. The average Bonchev–Trinajstić information content (AvgIpc) is 3.59. The van der Waals surface area contributed by atoms with Gasteiger partial charge in [-0.2, -0.15) is 10.4 Å². The Labute approximate surface area is 230 Å². The van der Waals surface area contributed by atoms with Gasteiger partial charge in [-0.3, -0.25) is 9.59 Å². The molecule has 202 valence electrons. The summed E-state index contributed by atoms with van der Waals surface area (Å²) in [5.74, 6) is 0.204. The quantitative estimate of drug-likeness (QED) is 0.338. The Morgan fingerprint density at radius 1 is 1.20 bits per heavy atom. The molecule has 0 aliphatic carbocycles. The number of fused-ring (bicyclic) bond motifs is 1. The number of anilines is 2. The number of pyridine rings is 1. The van der Waals surface area contributed by atoms with Gasteiger partial charge in [-0.1, -0.05) is 18.2 Å². The molecule has 5 rings (SSSR count). The van der Waals surface area contributed by atoms with E-state index in [-0.39, 0.29) is 17.9 Å². The lowest BCUT2D eigenvalue weighted by molar-refractivity contribution is -0.125. The first-order valence-electron chi connectivity index (χ1n) is 12.7. The third-order valence-corrected chi connectivity index (χ3v) is 6.62. The summed E-state index contributed by atoms with van der Waals surface area (Å²) in [6.45, 7) is 1.81. The third-order valence-electron chi connectivity index (χ3n) is 6.62. The molecule has 1 aliphatic heterocycles. The number of carbonyl (C=O) groups is 2. The fraction of sp³-hybridized carbons (Fsp3) is 0.250. The van der Waals surface area contributed by atoms with Gasteiger partial charge < -0.3 is 20.9 Å². The zero-order valence-corrected chi connectivity index (χ0v) is 22.2. The molecule has 40 heavy (non-hydrogen) atoms. The molecule has 1 saturated heterocycles. The lowest BCUT2D eigenvalue weighted by Gasteiger charge is -2.15. The molecule has 1 fully saturated rings. The van der Waals surface area contributed by atoms with Gasteiger partial charge in [-0.25, -0.2) is 19.6 Å². The van der Waals surface area contributed by atoms with Gasteiger partial charge in [0, 0.05) is 43.0 Å². The number of rotatable bonds is 7. The molecular weight excluding hydrogens is 508 g/mol. The Morgan fingerprint density at radius 2 is 2.00 bits per heavy atom. The van der Waals surface area contributed by atoms with Gasteiger partial charge in [-0.05, 0) is 44.8 Å². The lowest BCUT2D eigenvalue weighted by atomic mass is 10.1. The molecule has 12 nitrogen and oxygen atoms in total. The highest BCUT2D eigenvalue weighted by molar-refractivity contribution is 6.04. The summed E-state index contributed by atoms with van der Waals surface area (Å²) >= 11 is 0. The number of benzene rings is 1. The minimum Gasteiger partial charge on any atom is -0.383 e. The van der Waals surface area contributed by atoms with Crippen molar-refractivity contribution in [1.29, 1.82) is 5.26 Å². The van der Waals surface area contributed by atoms with Gasteiger partial charge in [0.15, 0.2) is 5.65 Å². The van der Waals surface area contributed by atoms with Crippen LogP contribution in [0.3, 0.4) is 0 Å². The predicted molar refractivity (Wildman–Crippen MR) is 150 cm³/mol. The number of nitrogens with one attached hydrogen (secondary N) is 1. The molecule has 0 bridgehead atoms. The number of aromatic nitrogens is 5. The summed E-state index contributed by atoms with van der Waals surface area (Å²) in [7, 11) is 3.90. The summed E-state index contributed by atoms with van der Waals surface area (Å²) in [6, 6.07) is 11.9. The van der Waals surface area contributed by atoms with Crippen LogP contribution < -0.4 is 11.1 Å². The van der Waals surface area contributed by atoms with Crippen LogP contribution in [0.15, 0.2) is 61.1 Å². The average molecular weight is 537 g/mol. The Balaban J connectivity index is 1.38. The van der Waals surface area contributed by atoms with E-state index in [9.17, 15) is 9.59 Å². The van der Waals surface area contributed by atoms with Crippen molar-refractivity contribution in [1.82, 2.24) is 34.5 Å². The molecular formula is C28H28N10O2. The first-order valence-corrected chi connectivity index (χ1v) is 12.7. The van der Waals surface area contributed by atoms with E-state index < -0.39 is 0 Å². The van der Waals surface area contributed by atoms with Crippen LogP contribution in [0.2, 0.25) is 0 Å². The maximum absolute atomic E-state index is 12.8. The third kappa shape index (κ3) is 5.50. The molecule has 1 aliphatic rings. The number of nitrogen functional groups attached to an aromatic ring is 1. The van der Waals surface area contributed by atoms with Gasteiger partial charge in [0.05, 0.1) is 23.1 Å². The first kappa shape index (κ1) is 26.5. The van der Waals surface area contributed by atoms with Crippen molar-refractivity contribution >= 4 is 34.5 Å². The van der Waals surface area contributed by atoms with Crippen molar-refractivity contribution in [3.63, 3.8) is 0 Å². The number of carbonyl (C=O) groups excluding carboxylic acids is 2. The predicted octanol–water partition coefficient (Wildman–Crippen LogP) is 2.49. The molecule has 4 heterocycles. The Bertz CT molecular complexity index is 1640. The number of hydrogen-bond donors (Lipinski definition) is 2.